The average molecular weight is 347 g/mol. The Hall–Kier alpha value is -2.08. The lowest BCUT2D eigenvalue weighted by atomic mass is 9.90. The predicted octanol–water partition coefficient (Wildman–Crippen LogP) is 2.43. The summed E-state index contributed by atoms with van der Waals surface area (Å²) in [5, 5.41) is 9.17. The third kappa shape index (κ3) is 3.79. The Labute approximate surface area is 147 Å². The molecule has 6 nitrogen and oxygen atoms in total. The van der Waals surface area contributed by atoms with Crippen molar-refractivity contribution in [3.63, 3.8) is 0 Å². The highest BCUT2D eigenvalue weighted by Gasteiger charge is 2.59. The van der Waals surface area contributed by atoms with Crippen molar-refractivity contribution in [2.24, 2.45) is 11.3 Å². The molecule has 1 heterocycles. The summed E-state index contributed by atoms with van der Waals surface area (Å²) in [6, 6.07) is 7.25. The van der Waals surface area contributed by atoms with Gasteiger partial charge in [-0.1, -0.05) is 12.1 Å². The summed E-state index contributed by atoms with van der Waals surface area (Å²) in [5.41, 5.74) is 0.483. The second-order valence-electron chi connectivity index (χ2n) is 6.79. The van der Waals surface area contributed by atoms with Gasteiger partial charge in [-0.15, -0.1) is 0 Å². The second-order valence-corrected chi connectivity index (χ2v) is 6.79. The number of hydrogen-bond donors (Lipinski definition) is 1. The van der Waals surface area contributed by atoms with Crippen molar-refractivity contribution in [2.75, 3.05) is 32.9 Å². The third-order valence-electron chi connectivity index (χ3n) is 5.34. The van der Waals surface area contributed by atoms with Crippen molar-refractivity contribution in [1.82, 2.24) is 4.90 Å². The number of likely N-dealkylation sites (tertiary alicyclic amines) is 1. The molecule has 1 saturated heterocycles. The van der Waals surface area contributed by atoms with Gasteiger partial charge in [0.05, 0.1) is 18.1 Å². The second kappa shape index (κ2) is 7.44. The summed E-state index contributed by atoms with van der Waals surface area (Å²) in [6.07, 6.45) is 2.29. The molecule has 6 heteroatoms. The van der Waals surface area contributed by atoms with Gasteiger partial charge in [-0.25, -0.2) is 0 Å². The maximum atomic E-state index is 12.9. The fourth-order valence-electron chi connectivity index (χ4n) is 3.70. The van der Waals surface area contributed by atoms with Gasteiger partial charge in [0.15, 0.2) is 0 Å². The highest BCUT2D eigenvalue weighted by atomic mass is 16.5. The van der Waals surface area contributed by atoms with E-state index in [4.69, 9.17) is 9.47 Å². The molecule has 1 spiro atoms. The molecule has 0 bridgehead atoms. The fraction of sp³-hybridized carbons (Fsp3) is 0.579. The number of piperidine rings is 1. The van der Waals surface area contributed by atoms with Gasteiger partial charge < -0.3 is 19.5 Å². The number of carbonyl (C=O) groups excluding carboxylic acids is 1. The van der Waals surface area contributed by atoms with E-state index in [9.17, 15) is 14.7 Å². The van der Waals surface area contributed by atoms with Crippen LogP contribution >= 0.6 is 0 Å². The topological polar surface area (TPSA) is 76.1 Å². The van der Waals surface area contributed by atoms with Crippen molar-refractivity contribution in [2.45, 2.75) is 26.2 Å². The van der Waals surface area contributed by atoms with Crippen LogP contribution in [0.15, 0.2) is 24.3 Å². The van der Waals surface area contributed by atoms with Crippen molar-refractivity contribution >= 4 is 11.9 Å². The maximum Gasteiger partial charge on any atom is 0.307 e. The molecule has 1 amide bonds. The normalized spacial score (nSPS) is 21.2. The summed E-state index contributed by atoms with van der Waals surface area (Å²) < 4.78 is 11.0. The number of carbonyl (C=O) groups is 2. The summed E-state index contributed by atoms with van der Waals surface area (Å²) in [5.74, 6) is -0.400. The number of carboxylic acid groups (broad SMARTS) is 1. The van der Waals surface area contributed by atoms with Crippen LogP contribution in [-0.4, -0.2) is 54.8 Å². The quantitative estimate of drug-likeness (QED) is 0.767. The SMILES string of the molecule is CCOCCOc1ccccc1C(=O)N1CCC2(CC1)CC2C(=O)O. The molecule has 1 aliphatic heterocycles. The Kier molecular flexibility index (Phi) is 5.27. The molecule has 2 aliphatic rings. The molecule has 0 radical (unpaired) electrons. The lowest BCUT2D eigenvalue weighted by Gasteiger charge is -2.33. The molecule has 3 rings (SSSR count). The van der Waals surface area contributed by atoms with E-state index in [1.165, 1.54) is 0 Å². The Morgan fingerprint density at radius 2 is 1.96 bits per heavy atom. The Balaban J connectivity index is 1.59. The van der Waals surface area contributed by atoms with Gasteiger partial charge in [0.1, 0.15) is 12.4 Å². The summed E-state index contributed by atoms with van der Waals surface area (Å²) >= 11 is 0. The Bertz CT molecular complexity index is 636. The van der Waals surface area contributed by atoms with Crippen molar-refractivity contribution in [1.29, 1.82) is 0 Å². The highest BCUT2D eigenvalue weighted by Crippen LogP contribution is 2.59. The molecular formula is C19H25NO5. The van der Waals surface area contributed by atoms with Crippen molar-refractivity contribution < 1.29 is 24.2 Å². The van der Waals surface area contributed by atoms with E-state index in [0.717, 1.165) is 19.3 Å². The van der Waals surface area contributed by atoms with E-state index in [1.54, 1.807) is 12.1 Å². The zero-order valence-corrected chi connectivity index (χ0v) is 14.6. The first-order valence-corrected chi connectivity index (χ1v) is 8.89. The monoisotopic (exact) mass is 347 g/mol. The number of hydrogen-bond acceptors (Lipinski definition) is 4. The molecule has 1 atom stereocenters. The zero-order chi connectivity index (χ0) is 17.9. The number of nitrogens with zero attached hydrogens (tertiary/aromatic N) is 1. The number of ether oxygens (including phenoxy) is 2. The summed E-state index contributed by atoms with van der Waals surface area (Å²) in [4.78, 5) is 25.8. The molecule has 1 aromatic carbocycles. The highest BCUT2D eigenvalue weighted by molar-refractivity contribution is 5.97. The van der Waals surface area contributed by atoms with Crippen LogP contribution in [0.2, 0.25) is 0 Å². The number of rotatable bonds is 7. The Morgan fingerprint density at radius 1 is 1.24 bits per heavy atom. The molecular weight excluding hydrogens is 322 g/mol. The molecule has 1 saturated carbocycles. The van der Waals surface area contributed by atoms with E-state index in [0.29, 0.717) is 44.2 Å². The number of aliphatic carboxylic acids is 1. The minimum absolute atomic E-state index is 0.0469. The lowest BCUT2D eigenvalue weighted by molar-refractivity contribution is -0.139. The minimum Gasteiger partial charge on any atom is -0.490 e. The lowest BCUT2D eigenvalue weighted by Crippen LogP contribution is -2.40. The number of carboxylic acids is 1. The van der Waals surface area contributed by atoms with E-state index in [1.807, 2.05) is 24.0 Å². The van der Waals surface area contributed by atoms with E-state index < -0.39 is 5.97 Å². The molecule has 1 aliphatic carbocycles. The molecule has 0 aromatic heterocycles. The smallest absolute Gasteiger partial charge is 0.307 e. The first kappa shape index (κ1) is 17.7. The van der Waals surface area contributed by atoms with Crippen LogP contribution in [0.4, 0.5) is 0 Å². The first-order valence-electron chi connectivity index (χ1n) is 8.89. The van der Waals surface area contributed by atoms with Crippen LogP contribution in [0, 0.1) is 11.3 Å². The summed E-state index contributed by atoms with van der Waals surface area (Å²) in [6.45, 7) is 4.67. The molecule has 1 N–H and O–H groups in total. The van der Waals surface area contributed by atoms with E-state index in [2.05, 4.69) is 0 Å². The first-order chi connectivity index (χ1) is 12.1. The van der Waals surface area contributed by atoms with E-state index in [-0.39, 0.29) is 17.2 Å². The van der Waals surface area contributed by atoms with Crippen LogP contribution in [-0.2, 0) is 9.53 Å². The molecule has 136 valence electrons. The number of amides is 1. The zero-order valence-electron chi connectivity index (χ0n) is 14.6. The van der Waals surface area contributed by atoms with Gasteiger partial charge >= 0.3 is 5.97 Å². The van der Waals surface area contributed by atoms with Crippen molar-refractivity contribution in [3.05, 3.63) is 29.8 Å². The van der Waals surface area contributed by atoms with Crippen molar-refractivity contribution in [3.8, 4) is 5.75 Å². The average Bonchev–Trinajstić information content (AvgIpc) is 3.33. The fourth-order valence-corrected chi connectivity index (χ4v) is 3.70. The minimum atomic E-state index is -0.701. The number of para-hydroxylation sites is 1. The standard InChI is InChI=1S/C19H25NO5/c1-2-24-11-12-25-16-6-4-3-5-14(16)17(21)20-9-7-19(8-10-20)13-15(19)18(22)23/h3-6,15H,2,7-13H2,1H3,(H,22,23). The van der Waals surface area contributed by atoms with Crippen LogP contribution < -0.4 is 4.74 Å². The van der Waals surface area contributed by atoms with Crippen LogP contribution in [0.25, 0.3) is 0 Å². The molecule has 1 aromatic rings. The molecule has 25 heavy (non-hydrogen) atoms. The van der Waals surface area contributed by atoms with Gasteiger partial charge in [-0.05, 0) is 43.7 Å². The molecule has 2 fully saturated rings. The van der Waals surface area contributed by atoms with E-state index >= 15 is 0 Å². The number of benzene rings is 1. The van der Waals surface area contributed by atoms with Crippen LogP contribution in [0.3, 0.4) is 0 Å². The van der Waals surface area contributed by atoms with Gasteiger partial charge in [0.25, 0.3) is 5.91 Å². The van der Waals surface area contributed by atoms with Gasteiger partial charge in [-0.2, -0.15) is 0 Å². The summed E-state index contributed by atoms with van der Waals surface area (Å²) in [7, 11) is 0. The largest absolute Gasteiger partial charge is 0.490 e. The maximum absolute atomic E-state index is 12.9. The van der Waals surface area contributed by atoms with Crippen LogP contribution in [0.1, 0.15) is 36.5 Å². The third-order valence-corrected chi connectivity index (χ3v) is 5.34. The van der Waals surface area contributed by atoms with Gasteiger partial charge in [0, 0.05) is 19.7 Å². The Morgan fingerprint density at radius 3 is 2.60 bits per heavy atom. The predicted molar refractivity (Wildman–Crippen MR) is 91.7 cm³/mol. The molecule has 1 unspecified atom stereocenters. The van der Waals surface area contributed by atoms with Crippen LogP contribution in [0.5, 0.6) is 5.75 Å². The van der Waals surface area contributed by atoms with Gasteiger partial charge in [0.2, 0.25) is 0 Å². The van der Waals surface area contributed by atoms with Gasteiger partial charge in [-0.3, -0.25) is 9.59 Å².